The molecule has 1 aliphatic rings. The maximum atomic E-state index is 12.1. The molecule has 92 valence electrons. The van der Waals surface area contributed by atoms with Crippen LogP contribution in [0.4, 0.5) is 0 Å². The first-order valence-corrected chi connectivity index (χ1v) is 6.34. The monoisotopic (exact) mass is 232 g/mol. The Labute approximate surface area is 103 Å². The van der Waals surface area contributed by atoms with Gasteiger partial charge in [0.2, 0.25) is 5.91 Å². The smallest absolute Gasteiger partial charge is 0.223 e. The Morgan fingerprint density at radius 1 is 1.24 bits per heavy atom. The molecule has 0 aromatic heterocycles. The molecule has 1 aromatic rings. The lowest BCUT2D eigenvalue weighted by molar-refractivity contribution is -0.130. The van der Waals surface area contributed by atoms with Crippen LogP contribution in [0.5, 0.6) is 0 Å². The van der Waals surface area contributed by atoms with E-state index in [4.69, 9.17) is 5.73 Å². The summed E-state index contributed by atoms with van der Waals surface area (Å²) in [5, 5.41) is 0. The van der Waals surface area contributed by atoms with Crippen molar-refractivity contribution >= 4 is 5.91 Å². The molecule has 0 bridgehead atoms. The van der Waals surface area contributed by atoms with Gasteiger partial charge < -0.3 is 10.6 Å². The SMILES string of the molecule is NC[C@H](CC(=O)N1CCCC1)c1ccccc1. The number of nitrogens with zero attached hydrogens (tertiary/aromatic N) is 1. The number of nitrogens with two attached hydrogens (primary N) is 1. The van der Waals surface area contributed by atoms with Gasteiger partial charge in [-0.3, -0.25) is 4.79 Å². The molecule has 0 unspecified atom stereocenters. The van der Waals surface area contributed by atoms with Crippen molar-refractivity contribution in [1.29, 1.82) is 0 Å². The molecule has 0 radical (unpaired) electrons. The minimum absolute atomic E-state index is 0.157. The standard InChI is InChI=1S/C14H20N2O/c15-11-13(12-6-2-1-3-7-12)10-14(17)16-8-4-5-9-16/h1-3,6-7,13H,4-5,8-11,15H2/t13-/m0/s1. The van der Waals surface area contributed by atoms with Crippen LogP contribution < -0.4 is 5.73 Å². The quantitative estimate of drug-likeness (QED) is 0.859. The Hall–Kier alpha value is -1.35. The van der Waals surface area contributed by atoms with Gasteiger partial charge >= 0.3 is 0 Å². The maximum absolute atomic E-state index is 12.1. The summed E-state index contributed by atoms with van der Waals surface area (Å²) in [5.74, 6) is 0.408. The molecule has 3 nitrogen and oxygen atoms in total. The van der Waals surface area contributed by atoms with Crippen LogP contribution in [-0.4, -0.2) is 30.4 Å². The van der Waals surface area contributed by atoms with Crippen LogP contribution in [0, 0.1) is 0 Å². The van der Waals surface area contributed by atoms with Gasteiger partial charge in [0.15, 0.2) is 0 Å². The van der Waals surface area contributed by atoms with Crippen LogP contribution in [0.15, 0.2) is 30.3 Å². The Balaban J connectivity index is 1.97. The summed E-state index contributed by atoms with van der Waals surface area (Å²) in [7, 11) is 0. The average molecular weight is 232 g/mol. The zero-order valence-corrected chi connectivity index (χ0v) is 10.1. The Kier molecular flexibility index (Phi) is 4.15. The third-order valence-corrected chi connectivity index (χ3v) is 3.44. The van der Waals surface area contributed by atoms with Crippen molar-refractivity contribution in [2.75, 3.05) is 19.6 Å². The molecule has 1 fully saturated rings. The zero-order valence-electron chi connectivity index (χ0n) is 10.1. The summed E-state index contributed by atoms with van der Waals surface area (Å²) in [5.41, 5.74) is 6.95. The largest absolute Gasteiger partial charge is 0.343 e. The van der Waals surface area contributed by atoms with Gasteiger partial charge in [0.1, 0.15) is 0 Å². The number of rotatable bonds is 4. The molecule has 3 heteroatoms. The molecule has 2 rings (SSSR count). The van der Waals surface area contributed by atoms with E-state index in [0.717, 1.165) is 25.9 Å². The third kappa shape index (κ3) is 3.07. The van der Waals surface area contributed by atoms with Crippen LogP contribution in [0.2, 0.25) is 0 Å². The number of carbonyl (C=O) groups is 1. The van der Waals surface area contributed by atoms with Gasteiger partial charge in [0, 0.05) is 25.4 Å². The number of hydrogen-bond donors (Lipinski definition) is 1. The summed E-state index contributed by atoms with van der Waals surface area (Å²) >= 11 is 0. The van der Waals surface area contributed by atoms with E-state index in [-0.39, 0.29) is 11.8 Å². The highest BCUT2D eigenvalue weighted by Gasteiger charge is 2.21. The predicted octanol–water partition coefficient (Wildman–Crippen LogP) is 1.74. The molecule has 1 amide bonds. The van der Waals surface area contributed by atoms with E-state index in [1.807, 2.05) is 23.1 Å². The average Bonchev–Trinajstić information content (AvgIpc) is 2.90. The first-order chi connectivity index (χ1) is 8.31. The Morgan fingerprint density at radius 2 is 1.88 bits per heavy atom. The van der Waals surface area contributed by atoms with Gasteiger partial charge in [-0.15, -0.1) is 0 Å². The molecular weight excluding hydrogens is 212 g/mol. The van der Waals surface area contributed by atoms with Crippen LogP contribution in [0.1, 0.15) is 30.7 Å². The molecule has 0 spiro atoms. The summed E-state index contributed by atoms with van der Waals surface area (Å²) in [6.45, 7) is 2.37. The summed E-state index contributed by atoms with van der Waals surface area (Å²) in [6, 6.07) is 10.1. The van der Waals surface area contributed by atoms with Crippen molar-refractivity contribution in [2.24, 2.45) is 5.73 Å². The number of likely N-dealkylation sites (tertiary alicyclic amines) is 1. The van der Waals surface area contributed by atoms with Crippen molar-refractivity contribution in [3.05, 3.63) is 35.9 Å². The summed E-state index contributed by atoms with van der Waals surface area (Å²) in [6.07, 6.45) is 2.83. The topological polar surface area (TPSA) is 46.3 Å². The van der Waals surface area contributed by atoms with Crippen LogP contribution in [0.25, 0.3) is 0 Å². The minimum Gasteiger partial charge on any atom is -0.343 e. The predicted molar refractivity (Wildman–Crippen MR) is 68.7 cm³/mol. The second kappa shape index (κ2) is 5.82. The molecule has 17 heavy (non-hydrogen) atoms. The number of carbonyl (C=O) groups excluding carboxylic acids is 1. The van der Waals surface area contributed by atoms with Gasteiger partial charge in [-0.2, -0.15) is 0 Å². The van der Waals surface area contributed by atoms with Crippen molar-refractivity contribution in [3.8, 4) is 0 Å². The van der Waals surface area contributed by atoms with E-state index < -0.39 is 0 Å². The molecule has 1 aromatic carbocycles. The van der Waals surface area contributed by atoms with E-state index >= 15 is 0 Å². The summed E-state index contributed by atoms with van der Waals surface area (Å²) < 4.78 is 0. The Morgan fingerprint density at radius 3 is 2.47 bits per heavy atom. The van der Waals surface area contributed by atoms with E-state index in [2.05, 4.69) is 12.1 Å². The van der Waals surface area contributed by atoms with E-state index in [9.17, 15) is 4.79 Å². The van der Waals surface area contributed by atoms with Gasteiger partial charge in [-0.05, 0) is 24.9 Å². The van der Waals surface area contributed by atoms with Crippen molar-refractivity contribution in [2.45, 2.75) is 25.2 Å². The zero-order chi connectivity index (χ0) is 12.1. The number of hydrogen-bond acceptors (Lipinski definition) is 2. The van der Waals surface area contributed by atoms with Gasteiger partial charge in [0.25, 0.3) is 0 Å². The lowest BCUT2D eigenvalue weighted by Gasteiger charge is -2.20. The summed E-state index contributed by atoms with van der Waals surface area (Å²) in [4.78, 5) is 14.0. The van der Waals surface area contributed by atoms with E-state index in [0.29, 0.717) is 13.0 Å². The third-order valence-electron chi connectivity index (χ3n) is 3.44. The highest BCUT2D eigenvalue weighted by Crippen LogP contribution is 2.20. The fourth-order valence-corrected chi connectivity index (χ4v) is 2.37. The fraction of sp³-hybridized carbons (Fsp3) is 0.500. The first-order valence-electron chi connectivity index (χ1n) is 6.34. The highest BCUT2D eigenvalue weighted by molar-refractivity contribution is 5.77. The molecule has 1 atom stereocenters. The van der Waals surface area contributed by atoms with Gasteiger partial charge in [-0.1, -0.05) is 30.3 Å². The van der Waals surface area contributed by atoms with Gasteiger partial charge in [-0.25, -0.2) is 0 Å². The Bertz CT molecular complexity index is 358. The van der Waals surface area contributed by atoms with E-state index in [1.165, 1.54) is 5.56 Å². The van der Waals surface area contributed by atoms with Crippen LogP contribution >= 0.6 is 0 Å². The second-order valence-corrected chi connectivity index (χ2v) is 4.64. The van der Waals surface area contributed by atoms with Gasteiger partial charge in [0.05, 0.1) is 0 Å². The van der Waals surface area contributed by atoms with Crippen LogP contribution in [-0.2, 0) is 4.79 Å². The highest BCUT2D eigenvalue weighted by atomic mass is 16.2. The second-order valence-electron chi connectivity index (χ2n) is 4.64. The molecule has 0 saturated carbocycles. The fourth-order valence-electron chi connectivity index (χ4n) is 2.37. The molecule has 0 aliphatic carbocycles. The van der Waals surface area contributed by atoms with Crippen LogP contribution in [0.3, 0.4) is 0 Å². The molecular formula is C14H20N2O. The minimum atomic E-state index is 0.157. The van der Waals surface area contributed by atoms with Crippen molar-refractivity contribution < 1.29 is 4.79 Å². The van der Waals surface area contributed by atoms with E-state index in [1.54, 1.807) is 0 Å². The van der Waals surface area contributed by atoms with Crippen molar-refractivity contribution in [1.82, 2.24) is 4.90 Å². The first kappa shape index (κ1) is 12.1. The lowest BCUT2D eigenvalue weighted by atomic mass is 9.95. The number of benzene rings is 1. The molecule has 1 heterocycles. The number of amides is 1. The molecule has 1 aliphatic heterocycles. The lowest BCUT2D eigenvalue weighted by Crippen LogP contribution is -2.30. The molecule has 2 N–H and O–H groups in total. The molecule has 1 saturated heterocycles. The normalized spacial score (nSPS) is 17.1. The maximum Gasteiger partial charge on any atom is 0.223 e. The van der Waals surface area contributed by atoms with Crippen molar-refractivity contribution in [3.63, 3.8) is 0 Å².